The van der Waals surface area contributed by atoms with Crippen molar-refractivity contribution in [1.82, 2.24) is 29.8 Å². The first-order chi connectivity index (χ1) is 19.7. The Morgan fingerprint density at radius 2 is 1.90 bits per heavy atom. The second-order valence-electron chi connectivity index (χ2n) is 10.9. The van der Waals surface area contributed by atoms with Crippen molar-refractivity contribution in [2.45, 2.75) is 58.2 Å². The average molecular weight is 570 g/mol. The number of amides is 1. The molecular weight excluding hydrogens is 533 g/mol. The van der Waals surface area contributed by atoms with Crippen molar-refractivity contribution in [3.8, 4) is 5.75 Å². The van der Waals surface area contributed by atoms with E-state index in [0.717, 1.165) is 32.4 Å². The maximum absolute atomic E-state index is 15.5. The summed E-state index contributed by atoms with van der Waals surface area (Å²) >= 11 is 0. The molecule has 220 valence electrons. The Morgan fingerprint density at radius 3 is 2.66 bits per heavy atom. The first-order valence-corrected chi connectivity index (χ1v) is 14.1. The third kappa shape index (κ3) is 6.19. The minimum atomic E-state index is -0.783. The molecule has 1 atom stereocenters. The van der Waals surface area contributed by atoms with Gasteiger partial charge in [-0.1, -0.05) is 18.1 Å². The van der Waals surface area contributed by atoms with Crippen molar-refractivity contribution in [2.24, 2.45) is 0 Å². The highest BCUT2D eigenvalue weighted by molar-refractivity contribution is 6.00. The lowest BCUT2D eigenvalue weighted by molar-refractivity contribution is -0.137. The summed E-state index contributed by atoms with van der Waals surface area (Å²) in [5.41, 5.74) is 0.789. The second-order valence-corrected chi connectivity index (χ2v) is 10.9. The van der Waals surface area contributed by atoms with Gasteiger partial charge in [0.2, 0.25) is 5.43 Å². The SMILES string of the molecule is C[C@H]1COc2c(N3CCN(C)CC3)c(F)cc3c(=O)c(C(=O)NCc4cn(CCCCCCC(=O)O)nn4)cn1c23. The van der Waals surface area contributed by atoms with E-state index in [1.54, 1.807) is 17.1 Å². The van der Waals surface area contributed by atoms with E-state index in [2.05, 4.69) is 20.5 Å². The molecule has 2 N–H and O–H groups in total. The normalized spacial score (nSPS) is 17.0. The highest BCUT2D eigenvalue weighted by atomic mass is 19.1. The Labute approximate surface area is 236 Å². The van der Waals surface area contributed by atoms with Gasteiger partial charge in [0.15, 0.2) is 11.6 Å². The fourth-order valence-electron chi connectivity index (χ4n) is 5.40. The number of nitrogens with one attached hydrogen (secondary N) is 1. The number of aliphatic carboxylic acids is 1. The van der Waals surface area contributed by atoms with Gasteiger partial charge in [-0.05, 0) is 32.9 Å². The summed E-state index contributed by atoms with van der Waals surface area (Å²) in [6.45, 7) is 5.81. The number of piperazine rings is 1. The van der Waals surface area contributed by atoms with E-state index in [4.69, 9.17) is 9.84 Å². The largest absolute Gasteiger partial charge is 0.487 e. The quantitative estimate of drug-likeness (QED) is 0.334. The van der Waals surface area contributed by atoms with E-state index in [1.807, 2.05) is 23.4 Å². The molecule has 0 saturated carbocycles. The van der Waals surface area contributed by atoms with Gasteiger partial charge in [-0.2, -0.15) is 0 Å². The zero-order chi connectivity index (χ0) is 29.1. The Morgan fingerprint density at radius 1 is 1.15 bits per heavy atom. The lowest BCUT2D eigenvalue weighted by atomic mass is 10.0. The van der Waals surface area contributed by atoms with Crippen LogP contribution in [0.5, 0.6) is 5.75 Å². The number of rotatable bonds is 11. The lowest BCUT2D eigenvalue weighted by Gasteiger charge is -2.37. The number of halogens is 1. The molecule has 0 bridgehead atoms. The van der Waals surface area contributed by atoms with Crippen LogP contribution in [0.3, 0.4) is 0 Å². The Kier molecular flexibility index (Phi) is 8.52. The molecule has 1 aromatic carbocycles. The number of pyridine rings is 1. The number of aryl methyl sites for hydroxylation is 1. The van der Waals surface area contributed by atoms with Crippen molar-refractivity contribution in [3.63, 3.8) is 0 Å². The molecule has 2 aliphatic rings. The molecule has 0 unspecified atom stereocenters. The van der Waals surface area contributed by atoms with E-state index < -0.39 is 23.1 Å². The zero-order valence-corrected chi connectivity index (χ0v) is 23.4. The maximum atomic E-state index is 15.5. The number of likely N-dealkylation sites (N-methyl/N-ethyl adjacent to an activating group) is 1. The van der Waals surface area contributed by atoms with E-state index >= 15 is 4.39 Å². The molecule has 2 aromatic heterocycles. The van der Waals surface area contributed by atoms with Gasteiger partial charge in [-0.3, -0.25) is 19.1 Å². The van der Waals surface area contributed by atoms with Crippen LogP contribution in [0.4, 0.5) is 10.1 Å². The van der Waals surface area contributed by atoms with Crippen LogP contribution in [0, 0.1) is 5.82 Å². The topological polar surface area (TPSA) is 135 Å². The average Bonchev–Trinajstić information content (AvgIpc) is 3.40. The number of carbonyl (C=O) groups is 2. The van der Waals surface area contributed by atoms with Crippen LogP contribution < -0.4 is 20.4 Å². The van der Waals surface area contributed by atoms with E-state index in [0.29, 0.717) is 55.3 Å². The van der Waals surface area contributed by atoms with Gasteiger partial charge < -0.3 is 29.5 Å². The molecule has 41 heavy (non-hydrogen) atoms. The van der Waals surface area contributed by atoms with Crippen molar-refractivity contribution < 1.29 is 23.8 Å². The molecule has 5 rings (SSSR count). The number of hydrogen-bond acceptors (Lipinski definition) is 8. The van der Waals surface area contributed by atoms with Crippen LogP contribution in [-0.4, -0.2) is 81.3 Å². The van der Waals surface area contributed by atoms with E-state index in [9.17, 15) is 14.4 Å². The van der Waals surface area contributed by atoms with Crippen molar-refractivity contribution in [3.05, 3.63) is 45.8 Å². The first-order valence-electron chi connectivity index (χ1n) is 14.1. The summed E-state index contributed by atoms with van der Waals surface area (Å²) in [6.07, 6.45) is 6.66. The van der Waals surface area contributed by atoms with Crippen molar-refractivity contribution in [2.75, 3.05) is 44.7 Å². The Balaban J connectivity index is 1.30. The number of carbonyl (C=O) groups excluding carboxylic acids is 1. The summed E-state index contributed by atoms with van der Waals surface area (Å²) in [5.74, 6) is -1.54. The number of carboxylic acids is 1. The Bertz CT molecular complexity index is 1500. The monoisotopic (exact) mass is 569 g/mol. The number of ether oxygens (including phenoxy) is 1. The van der Waals surface area contributed by atoms with Gasteiger partial charge in [0, 0.05) is 45.3 Å². The number of benzene rings is 1. The fraction of sp³-hybridized carbons (Fsp3) is 0.536. The minimum Gasteiger partial charge on any atom is -0.487 e. The molecule has 3 aromatic rings. The summed E-state index contributed by atoms with van der Waals surface area (Å²) in [6, 6.07) is 1.07. The smallest absolute Gasteiger partial charge is 0.303 e. The number of hydrogen-bond donors (Lipinski definition) is 2. The van der Waals surface area contributed by atoms with Crippen LogP contribution in [0.1, 0.15) is 61.1 Å². The minimum absolute atomic E-state index is 0.0716. The summed E-state index contributed by atoms with van der Waals surface area (Å²) < 4.78 is 25.1. The summed E-state index contributed by atoms with van der Waals surface area (Å²) in [7, 11) is 2.03. The van der Waals surface area contributed by atoms with Crippen molar-refractivity contribution in [1.29, 1.82) is 0 Å². The first kappa shape index (κ1) is 28.5. The predicted octanol–water partition coefficient (Wildman–Crippen LogP) is 2.40. The lowest BCUT2D eigenvalue weighted by Crippen LogP contribution is -2.45. The predicted molar refractivity (Wildman–Crippen MR) is 150 cm³/mol. The molecule has 2 aliphatic heterocycles. The van der Waals surface area contributed by atoms with Crippen LogP contribution in [-0.2, 0) is 17.9 Å². The summed E-state index contributed by atoms with van der Waals surface area (Å²) in [5, 5.41) is 19.7. The third-order valence-corrected chi connectivity index (χ3v) is 7.75. The molecule has 12 nitrogen and oxygen atoms in total. The van der Waals surface area contributed by atoms with Gasteiger partial charge in [0.1, 0.15) is 23.6 Å². The number of aromatic nitrogens is 4. The van der Waals surface area contributed by atoms with Gasteiger partial charge in [-0.25, -0.2) is 4.39 Å². The number of carboxylic acid groups (broad SMARTS) is 1. The van der Waals surface area contributed by atoms with Crippen LogP contribution in [0.25, 0.3) is 10.9 Å². The van der Waals surface area contributed by atoms with Gasteiger partial charge >= 0.3 is 5.97 Å². The number of anilines is 1. The van der Waals surface area contributed by atoms with Gasteiger partial charge in [0.25, 0.3) is 5.91 Å². The van der Waals surface area contributed by atoms with Gasteiger partial charge in [0.05, 0.1) is 29.7 Å². The number of nitrogens with zero attached hydrogens (tertiary/aromatic N) is 6. The van der Waals surface area contributed by atoms with Crippen LogP contribution in [0.15, 0.2) is 23.3 Å². The standard InChI is InChI=1S/C28H36FN7O5/c1-18-17-41-27-24-20(13-22(29)25(27)34-11-9-33(2)10-12-34)26(39)21(16-36(18)24)28(40)30-14-19-15-35(32-31-19)8-6-4-3-5-7-23(37)38/h13,15-16,18H,3-12,14,17H2,1-2H3,(H,30,40)(H,37,38)/t18-/m0/s1. The molecule has 1 fully saturated rings. The fourth-order valence-corrected chi connectivity index (χ4v) is 5.40. The molecular formula is C28H36FN7O5. The maximum Gasteiger partial charge on any atom is 0.303 e. The second kappa shape index (κ2) is 12.2. The summed E-state index contributed by atoms with van der Waals surface area (Å²) in [4.78, 5) is 41.4. The van der Waals surface area contributed by atoms with Crippen molar-refractivity contribution >= 4 is 28.5 Å². The molecule has 0 radical (unpaired) electrons. The molecule has 0 aliphatic carbocycles. The molecule has 1 amide bonds. The van der Waals surface area contributed by atoms with E-state index in [-0.39, 0.29) is 30.0 Å². The Hall–Kier alpha value is -4.00. The van der Waals surface area contributed by atoms with Crippen LogP contribution >= 0.6 is 0 Å². The molecule has 13 heteroatoms. The van der Waals surface area contributed by atoms with E-state index in [1.165, 1.54) is 6.07 Å². The molecule has 1 saturated heterocycles. The number of unbranched alkanes of at least 4 members (excludes halogenated alkanes) is 3. The highest BCUT2D eigenvalue weighted by Crippen LogP contribution is 2.42. The highest BCUT2D eigenvalue weighted by Gasteiger charge is 2.31. The van der Waals surface area contributed by atoms with Gasteiger partial charge in [-0.15, -0.1) is 5.10 Å². The molecule has 4 heterocycles. The third-order valence-electron chi connectivity index (χ3n) is 7.75. The zero-order valence-electron chi connectivity index (χ0n) is 23.4. The molecule has 0 spiro atoms. The van der Waals surface area contributed by atoms with Crippen LogP contribution in [0.2, 0.25) is 0 Å².